The summed E-state index contributed by atoms with van der Waals surface area (Å²) in [5.41, 5.74) is 1.87. The van der Waals surface area contributed by atoms with Crippen LogP contribution in [0, 0.1) is 12.8 Å². The fraction of sp³-hybridized carbons (Fsp3) is 0.500. The average molecular weight is 252 g/mol. The van der Waals surface area contributed by atoms with Gasteiger partial charge in [-0.05, 0) is 37.3 Å². The Kier molecular flexibility index (Phi) is 4.06. The van der Waals surface area contributed by atoms with E-state index in [0.29, 0.717) is 11.8 Å². The van der Waals surface area contributed by atoms with E-state index in [0.717, 1.165) is 37.1 Å². The minimum absolute atomic E-state index is 0.151. The van der Waals surface area contributed by atoms with Gasteiger partial charge >= 0.3 is 0 Å². The highest BCUT2D eigenvalue weighted by Crippen LogP contribution is 2.20. The number of nitrogens with zero attached hydrogens (tertiary/aromatic N) is 1. The summed E-state index contributed by atoms with van der Waals surface area (Å²) >= 11 is 5.89. The van der Waals surface area contributed by atoms with E-state index in [1.165, 1.54) is 0 Å². The Labute approximate surface area is 108 Å². The van der Waals surface area contributed by atoms with Gasteiger partial charge in [0, 0.05) is 24.5 Å². The van der Waals surface area contributed by atoms with Crippen molar-refractivity contribution in [2.75, 3.05) is 19.0 Å². The number of rotatable bonds is 2. The van der Waals surface area contributed by atoms with Crippen LogP contribution in [0.4, 0.5) is 0 Å². The summed E-state index contributed by atoms with van der Waals surface area (Å²) in [5, 5.41) is 0. The van der Waals surface area contributed by atoms with E-state index >= 15 is 0 Å². The topological polar surface area (TPSA) is 20.3 Å². The molecule has 1 fully saturated rings. The number of hydrogen-bond donors (Lipinski definition) is 0. The second kappa shape index (κ2) is 5.54. The van der Waals surface area contributed by atoms with Crippen molar-refractivity contribution in [1.29, 1.82) is 0 Å². The van der Waals surface area contributed by atoms with Gasteiger partial charge in [-0.15, -0.1) is 11.6 Å². The Morgan fingerprint density at radius 2 is 2.24 bits per heavy atom. The van der Waals surface area contributed by atoms with Gasteiger partial charge in [-0.2, -0.15) is 0 Å². The van der Waals surface area contributed by atoms with Gasteiger partial charge < -0.3 is 4.90 Å². The lowest BCUT2D eigenvalue weighted by molar-refractivity contribution is 0.0684. The number of benzene rings is 1. The normalized spacial score (nSPS) is 20.4. The van der Waals surface area contributed by atoms with Crippen molar-refractivity contribution >= 4 is 17.5 Å². The van der Waals surface area contributed by atoms with Crippen molar-refractivity contribution in [1.82, 2.24) is 4.90 Å². The summed E-state index contributed by atoms with van der Waals surface area (Å²) in [6.07, 6.45) is 2.20. The molecule has 1 aliphatic heterocycles. The second-order valence-corrected chi connectivity index (χ2v) is 5.04. The van der Waals surface area contributed by atoms with E-state index in [-0.39, 0.29) is 5.91 Å². The molecule has 0 radical (unpaired) electrons. The van der Waals surface area contributed by atoms with Gasteiger partial charge in [0.1, 0.15) is 0 Å². The zero-order chi connectivity index (χ0) is 12.3. The van der Waals surface area contributed by atoms with Gasteiger partial charge in [-0.1, -0.05) is 18.2 Å². The summed E-state index contributed by atoms with van der Waals surface area (Å²) in [6, 6.07) is 7.77. The first-order valence-corrected chi connectivity index (χ1v) is 6.66. The molecule has 2 nitrogen and oxygen atoms in total. The maximum Gasteiger partial charge on any atom is 0.254 e. The number of piperidine rings is 1. The van der Waals surface area contributed by atoms with Crippen LogP contribution in [0.25, 0.3) is 0 Å². The molecule has 92 valence electrons. The van der Waals surface area contributed by atoms with Crippen LogP contribution in [-0.4, -0.2) is 29.8 Å². The Bertz CT molecular complexity index is 405. The third-order valence-corrected chi connectivity index (χ3v) is 3.84. The second-order valence-electron chi connectivity index (χ2n) is 4.73. The molecule has 3 heteroatoms. The molecule has 1 atom stereocenters. The molecule has 1 saturated heterocycles. The van der Waals surface area contributed by atoms with Crippen LogP contribution in [0.5, 0.6) is 0 Å². The Morgan fingerprint density at radius 1 is 1.47 bits per heavy atom. The number of amides is 1. The molecule has 17 heavy (non-hydrogen) atoms. The number of likely N-dealkylation sites (tertiary alicyclic amines) is 1. The fourth-order valence-electron chi connectivity index (χ4n) is 2.36. The summed E-state index contributed by atoms with van der Waals surface area (Å²) in [4.78, 5) is 14.3. The minimum Gasteiger partial charge on any atom is -0.338 e. The maximum atomic E-state index is 12.4. The predicted molar refractivity (Wildman–Crippen MR) is 70.5 cm³/mol. The van der Waals surface area contributed by atoms with E-state index in [1.807, 2.05) is 36.1 Å². The summed E-state index contributed by atoms with van der Waals surface area (Å²) < 4.78 is 0. The Morgan fingerprint density at radius 3 is 2.94 bits per heavy atom. The molecule has 1 aliphatic rings. The number of aryl methyl sites for hydroxylation is 1. The van der Waals surface area contributed by atoms with Crippen LogP contribution in [-0.2, 0) is 0 Å². The molecular formula is C14H18ClNO. The summed E-state index contributed by atoms with van der Waals surface area (Å²) in [5.74, 6) is 1.26. The van der Waals surface area contributed by atoms with Gasteiger partial charge in [0.25, 0.3) is 5.91 Å². The van der Waals surface area contributed by atoms with Gasteiger partial charge in [0.05, 0.1) is 0 Å². The molecule has 2 rings (SSSR count). The van der Waals surface area contributed by atoms with Crippen LogP contribution < -0.4 is 0 Å². The number of carbonyl (C=O) groups is 1. The maximum absolute atomic E-state index is 12.4. The quantitative estimate of drug-likeness (QED) is 0.740. The monoisotopic (exact) mass is 251 g/mol. The molecule has 1 unspecified atom stereocenters. The van der Waals surface area contributed by atoms with Crippen molar-refractivity contribution < 1.29 is 4.79 Å². The van der Waals surface area contributed by atoms with Crippen LogP contribution in [0.3, 0.4) is 0 Å². The van der Waals surface area contributed by atoms with Gasteiger partial charge in [-0.25, -0.2) is 0 Å². The first-order chi connectivity index (χ1) is 8.22. The van der Waals surface area contributed by atoms with E-state index in [4.69, 9.17) is 11.6 Å². The van der Waals surface area contributed by atoms with Gasteiger partial charge in [-0.3, -0.25) is 4.79 Å². The van der Waals surface area contributed by atoms with E-state index in [2.05, 4.69) is 0 Å². The number of halogens is 1. The summed E-state index contributed by atoms with van der Waals surface area (Å²) in [6.45, 7) is 3.65. The SMILES string of the molecule is Cc1ccccc1C(=O)N1CCCC(CCl)C1. The van der Waals surface area contributed by atoms with Gasteiger partial charge in [0.2, 0.25) is 0 Å². The smallest absolute Gasteiger partial charge is 0.254 e. The Balaban J connectivity index is 2.12. The van der Waals surface area contributed by atoms with Crippen LogP contribution in [0.1, 0.15) is 28.8 Å². The van der Waals surface area contributed by atoms with E-state index in [1.54, 1.807) is 0 Å². The first kappa shape index (κ1) is 12.4. The van der Waals surface area contributed by atoms with Crippen molar-refractivity contribution in [3.8, 4) is 0 Å². The number of carbonyl (C=O) groups excluding carboxylic acids is 1. The largest absolute Gasteiger partial charge is 0.338 e. The molecule has 1 amide bonds. The number of hydrogen-bond acceptors (Lipinski definition) is 1. The van der Waals surface area contributed by atoms with E-state index in [9.17, 15) is 4.79 Å². The zero-order valence-electron chi connectivity index (χ0n) is 10.2. The predicted octanol–water partition coefficient (Wildman–Crippen LogP) is 3.09. The highest BCUT2D eigenvalue weighted by Gasteiger charge is 2.24. The molecule has 0 aliphatic carbocycles. The van der Waals surface area contributed by atoms with Crippen LogP contribution >= 0.6 is 11.6 Å². The third kappa shape index (κ3) is 2.81. The highest BCUT2D eigenvalue weighted by atomic mass is 35.5. The highest BCUT2D eigenvalue weighted by molar-refractivity contribution is 6.18. The lowest BCUT2D eigenvalue weighted by Gasteiger charge is -2.32. The minimum atomic E-state index is 0.151. The van der Waals surface area contributed by atoms with E-state index < -0.39 is 0 Å². The van der Waals surface area contributed by atoms with Crippen LogP contribution in [0.15, 0.2) is 24.3 Å². The van der Waals surface area contributed by atoms with Crippen molar-refractivity contribution in [2.24, 2.45) is 5.92 Å². The molecule has 0 saturated carbocycles. The Hall–Kier alpha value is -1.02. The molecular weight excluding hydrogens is 234 g/mol. The van der Waals surface area contributed by atoms with Crippen molar-refractivity contribution in [3.05, 3.63) is 35.4 Å². The zero-order valence-corrected chi connectivity index (χ0v) is 10.9. The molecule has 1 heterocycles. The fourth-order valence-corrected chi connectivity index (χ4v) is 2.61. The van der Waals surface area contributed by atoms with Crippen LogP contribution in [0.2, 0.25) is 0 Å². The standard InChI is InChI=1S/C14H18ClNO/c1-11-5-2-3-7-13(11)14(17)16-8-4-6-12(9-15)10-16/h2-3,5,7,12H,4,6,8-10H2,1H3. The molecule has 1 aromatic carbocycles. The average Bonchev–Trinajstić information content (AvgIpc) is 2.38. The summed E-state index contributed by atoms with van der Waals surface area (Å²) in [7, 11) is 0. The third-order valence-electron chi connectivity index (χ3n) is 3.40. The molecule has 0 bridgehead atoms. The van der Waals surface area contributed by atoms with Gasteiger partial charge in [0.15, 0.2) is 0 Å². The lowest BCUT2D eigenvalue weighted by atomic mass is 9.98. The molecule has 0 N–H and O–H groups in total. The number of alkyl halides is 1. The van der Waals surface area contributed by atoms with Crippen molar-refractivity contribution in [3.63, 3.8) is 0 Å². The molecule has 0 aromatic heterocycles. The molecule has 0 spiro atoms. The first-order valence-electron chi connectivity index (χ1n) is 6.13. The molecule has 1 aromatic rings. The van der Waals surface area contributed by atoms with Crippen molar-refractivity contribution in [2.45, 2.75) is 19.8 Å². The lowest BCUT2D eigenvalue weighted by Crippen LogP contribution is -2.40.